The summed E-state index contributed by atoms with van der Waals surface area (Å²) in [6, 6.07) is 47.8. The number of hydrogen-bond acceptors (Lipinski definition) is 2. The summed E-state index contributed by atoms with van der Waals surface area (Å²) >= 11 is 1.89. The molecule has 0 saturated carbocycles. The van der Waals surface area contributed by atoms with E-state index in [4.69, 9.17) is 4.74 Å². The Balaban J connectivity index is 1.33. The number of benzene rings is 6. The van der Waals surface area contributed by atoms with Crippen LogP contribution in [0.25, 0.3) is 81.8 Å². The first-order chi connectivity index (χ1) is 28.4. The molecule has 1 atom stereocenters. The van der Waals surface area contributed by atoms with Crippen LogP contribution in [0, 0.1) is 0 Å². The highest BCUT2D eigenvalue weighted by Crippen LogP contribution is 2.58. The molecule has 0 saturated heterocycles. The first-order valence-electron chi connectivity index (χ1n) is 21.0. The number of aromatic nitrogens is 3. The molecule has 6 aromatic carbocycles. The minimum Gasteiger partial charge on any atom is -0.392 e. The minimum atomic E-state index is -1.02. The molecule has 6 heterocycles. The van der Waals surface area contributed by atoms with Crippen LogP contribution in [-0.2, 0) is 16.7 Å². The number of thiophene rings is 1. The van der Waals surface area contributed by atoms with E-state index in [0.29, 0.717) is 0 Å². The van der Waals surface area contributed by atoms with Gasteiger partial charge in [0.25, 0.3) is 0 Å². The van der Waals surface area contributed by atoms with E-state index in [1.807, 2.05) is 11.3 Å². The van der Waals surface area contributed by atoms with Crippen LogP contribution in [0.5, 0.6) is 5.75 Å². The van der Waals surface area contributed by atoms with Gasteiger partial charge in [0, 0.05) is 54.6 Å². The van der Waals surface area contributed by atoms with Gasteiger partial charge in [-0.2, -0.15) is 4.57 Å². The summed E-state index contributed by atoms with van der Waals surface area (Å²) in [6.45, 7) is 18.7. The van der Waals surface area contributed by atoms with Crippen LogP contribution in [0.3, 0.4) is 0 Å². The van der Waals surface area contributed by atoms with E-state index in [-0.39, 0.29) is 16.7 Å². The normalized spacial score (nSPS) is 16.2. The maximum atomic E-state index is 8.08. The number of nitrogens with zero attached hydrogens (tertiary/aromatic N) is 3. The Hall–Kier alpha value is -6.04. The van der Waals surface area contributed by atoms with Crippen molar-refractivity contribution in [2.45, 2.75) is 78.0 Å². The standard InChI is InChI=1S/C54H47N3OS/c1-31(2)37-27-33(32-17-10-9-11-18-32)24-25-42(37)56-43-22-16-20-36-47-46-35-19-12-13-23-44(35)59-45(46)30-38-41-21-14-15-26-55(41)54(48(38)47)57(49(36)43)51(56)39-28-34(52(3,4)5)29-40(50(39)58-54)53(6,7)8/h9-31H,1-8H3/q+2. The molecule has 12 rings (SSSR count). The molecule has 3 aromatic heterocycles. The fraction of sp³-hybridized carbons (Fsp3) is 0.222. The highest BCUT2D eigenvalue weighted by Gasteiger charge is 2.69. The molecule has 0 fully saturated rings. The van der Waals surface area contributed by atoms with E-state index in [1.54, 1.807) is 0 Å². The molecule has 0 N–H and O–H groups in total. The zero-order chi connectivity index (χ0) is 40.3. The summed E-state index contributed by atoms with van der Waals surface area (Å²) in [5.74, 6) is 1.35. The third-order valence-electron chi connectivity index (χ3n) is 13.2. The Morgan fingerprint density at radius 1 is 0.678 bits per heavy atom. The van der Waals surface area contributed by atoms with Crippen LogP contribution in [0.4, 0.5) is 0 Å². The van der Waals surface area contributed by atoms with E-state index >= 15 is 0 Å². The maximum Gasteiger partial charge on any atom is 0.499 e. The van der Waals surface area contributed by atoms with Crippen molar-refractivity contribution in [3.8, 4) is 56.3 Å². The molecule has 0 bridgehead atoms. The van der Waals surface area contributed by atoms with Crippen molar-refractivity contribution in [3.05, 3.63) is 156 Å². The Labute approximate surface area is 349 Å². The predicted octanol–water partition coefficient (Wildman–Crippen LogP) is 13.2. The lowest BCUT2D eigenvalue weighted by molar-refractivity contribution is -0.997. The quantitative estimate of drug-likeness (QED) is 0.164. The zero-order valence-electron chi connectivity index (χ0n) is 34.9. The lowest BCUT2D eigenvalue weighted by Crippen LogP contribution is -2.78. The molecule has 5 heteroatoms. The molecular weight excluding hydrogens is 739 g/mol. The third-order valence-corrected chi connectivity index (χ3v) is 14.3. The van der Waals surface area contributed by atoms with Crippen molar-refractivity contribution in [2.24, 2.45) is 0 Å². The molecule has 9 aromatic rings. The number of rotatable bonds is 3. The molecule has 0 radical (unpaired) electrons. The summed E-state index contributed by atoms with van der Waals surface area (Å²) in [6.07, 6.45) is 2.25. The second-order valence-corrected chi connectivity index (χ2v) is 20.3. The molecule has 0 amide bonds. The SMILES string of the molecule is CC(C)c1cc(-c2ccccc2)ccc1-n1c2[n+]3c4c(cccc41)-c1c4c(cc5sc6ccccc6c15)-c1cccc[n+]1C43Oc1c-2cc(C(C)(C)C)cc1C(C)(C)C. The highest BCUT2D eigenvalue weighted by atomic mass is 32.1. The molecule has 59 heavy (non-hydrogen) atoms. The largest absolute Gasteiger partial charge is 0.499 e. The molecule has 1 unspecified atom stereocenters. The second-order valence-electron chi connectivity index (χ2n) is 19.2. The van der Waals surface area contributed by atoms with Gasteiger partial charge in [0.1, 0.15) is 16.8 Å². The van der Waals surface area contributed by atoms with Crippen molar-refractivity contribution >= 4 is 42.5 Å². The van der Waals surface area contributed by atoms with Crippen molar-refractivity contribution in [1.29, 1.82) is 0 Å². The predicted molar refractivity (Wildman–Crippen MR) is 243 cm³/mol. The van der Waals surface area contributed by atoms with Gasteiger partial charge in [0.2, 0.25) is 5.69 Å². The van der Waals surface area contributed by atoms with Crippen molar-refractivity contribution < 1.29 is 13.9 Å². The molecule has 3 aliphatic heterocycles. The van der Waals surface area contributed by atoms with Crippen LogP contribution in [0.2, 0.25) is 0 Å². The maximum absolute atomic E-state index is 8.08. The molecule has 3 aliphatic rings. The minimum absolute atomic E-state index is 0.0887. The summed E-state index contributed by atoms with van der Waals surface area (Å²) < 4.78 is 18.3. The summed E-state index contributed by atoms with van der Waals surface area (Å²) in [5.41, 5.74) is 16.9. The van der Waals surface area contributed by atoms with Gasteiger partial charge in [0.15, 0.2) is 23.0 Å². The first-order valence-corrected chi connectivity index (χ1v) is 21.9. The van der Waals surface area contributed by atoms with Gasteiger partial charge < -0.3 is 4.74 Å². The number of ether oxygens (including phenoxy) is 1. The van der Waals surface area contributed by atoms with E-state index in [1.165, 1.54) is 87.0 Å². The number of fused-ring (bicyclic) bond motifs is 9. The highest BCUT2D eigenvalue weighted by molar-refractivity contribution is 7.26. The second kappa shape index (κ2) is 11.6. The topological polar surface area (TPSA) is 21.9 Å². The number of pyridine rings is 1. The lowest BCUT2D eigenvalue weighted by atomic mass is 9.78. The monoisotopic (exact) mass is 785 g/mol. The van der Waals surface area contributed by atoms with Gasteiger partial charge in [-0.15, -0.1) is 20.5 Å². The Morgan fingerprint density at radius 2 is 1.46 bits per heavy atom. The molecule has 288 valence electrons. The Morgan fingerprint density at radius 3 is 2.24 bits per heavy atom. The molecular formula is C54H47N3OS+2. The zero-order valence-corrected chi connectivity index (χ0v) is 35.8. The average Bonchev–Trinajstić information content (AvgIpc) is 3.87. The molecule has 0 aliphatic carbocycles. The van der Waals surface area contributed by atoms with E-state index in [0.717, 1.165) is 22.8 Å². The summed E-state index contributed by atoms with van der Waals surface area (Å²) in [5, 5.41) is 2.61. The van der Waals surface area contributed by atoms with Crippen molar-refractivity contribution in [3.63, 3.8) is 0 Å². The average molecular weight is 786 g/mol. The summed E-state index contributed by atoms with van der Waals surface area (Å²) in [7, 11) is 0. The van der Waals surface area contributed by atoms with Crippen molar-refractivity contribution in [1.82, 2.24) is 4.57 Å². The molecule has 4 nitrogen and oxygen atoms in total. The third kappa shape index (κ3) is 4.49. The van der Waals surface area contributed by atoms with Gasteiger partial charge in [0.05, 0.1) is 5.56 Å². The first kappa shape index (κ1) is 35.0. The van der Waals surface area contributed by atoms with Gasteiger partial charge in [-0.1, -0.05) is 122 Å². The fourth-order valence-corrected chi connectivity index (χ4v) is 11.6. The Bertz CT molecular complexity index is 3300. The van der Waals surface area contributed by atoms with E-state index in [9.17, 15) is 0 Å². The van der Waals surface area contributed by atoms with Crippen LogP contribution in [0.15, 0.2) is 134 Å². The fourth-order valence-electron chi connectivity index (χ4n) is 10.4. The van der Waals surface area contributed by atoms with Crippen LogP contribution in [0.1, 0.15) is 83.6 Å². The van der Waals surface area contributed by atoms with E-state index in [2.05, 4.69) is 203 Å². The Kier molecular flexibility index (Phi) is 6.86. The lowest BCUT2D eigenvalue weighted by Gasteiger charge is -2.36. The molecule has 1 spiro atoms. The van der Waals surface area contributed by atoms with Crippen LogP contribution < -0.4 is 13.9 Å². The van der Waals surface area contributed by atoms with E-state index < -0.39 is 5.85 Å². The van der Waals surface area contributed by atoms with Gasteiger partial charge in [-0.3, -0.25) is 0 Å². The van der Waals surface area contributed by atoms with Crippen LogP contribution in [-0.4, -0.2) is 4.57 Å². The number of hydrogen-bond donors (Lipinski definition) is 0. The smallest absolute Gasteiger partial charge is 0.392 e. The summed E-state index contributed by atoms with van der Waals surface area (Å²) in [4.78, 5) is 0. The van der Waals surface area contributed by atoms with Crippen molar-refractivity contribution in [2.75, 3.05) is 0 Å². The van der Waals surface area contributed by atoms with Gasteiger partial charge >= 0.3 is 11.7 Å². The number of imidazole rings is 1. The van der Waals surface area contributed by atoms with Gasteiger partial charge in [-0.05, 0) is 82.0 Å². The number of para-hydroxylation sites is 1. The van der Waals surface area contributed by atoms with Crippen LogP contribution >= 0.6 is 11.3 Å². The van der Waals surface area contributed by atoms with Gasteiger partial charge in [-0.25, -0.2) is 0 Å².